The van der Waals surface area contributed by atoms with E-state index in [0.717, 1.165) is 26.3 Å². The molecule has 0 radical (unpaired) electrons. The zero-order valence-electron chi connectivity index (χ0n) is 5.84. The molecular weight excluding hydrogens is 116 g/mol. The minimum atomic E-state index is 0.708. The van der Waals surface area contributed by atoms with Gasteiger partial charge in [-0.25, -0.2) is 0 Å². The predicted molar refractivity (Wildman–Crippen MR) is 36.3 cm³/mol. The first-order chi connectivity index (χ1) is 4.27. The molecule has 1 heterocycles. The summed E-state index contributed by atoms with van der Waals surface area (Å²) in [4.78, 5) is 0. The number of hydrogen-bond acceptors (Lipinski definition) is 2. The lowest BCUT2D eigenvalue weighted by atomic mass is 10.4. The Morgan fingerprint density at radius 3 is 2.33 bits per heavy atom. The molecule has 3 nitrogen and oxygen atoms in total. The van der Waals surface area contributed by atoms with Crippen molar-refractivity contribution < 1.29 is 9.33 Å². The van der Waals surface area contributed by atoms with E-state index in [9.17, 15) is 0 Å². The molecular formula is C6H13N2O+. The maximum absolute atomic E-state index is 5.16. The van der Waals surface area contributed by atoms with Gasteiger partial charge in [-0.3, -0.25) is 0 Å². The van der Waals surface area contributed by atoms with Gasteiger partial charge >= 0.3 is 0 Å². The van der Waals surface area contributed by atoms with Gasteiger partial charge in [0.05, 0.1) is 20.3 Å². The number of nitrogens with zero attached hydrogens (tertiary/aromatic N) is 2. The third kappa shape index (κ3) is 1.50. The molecule has 1 saturated heterocycles. The van der Waals surface area contributed by atoms with E-state index in [1.807, 2.05) is 0 Å². The van der Waals surface area contributed by atoms with Crippen LogP contribution in [0.2, 0.25) is 0 Å². The van der Waals surface area contributed by atoms with Crippen LogP contribution in [0.4, 0.5) is 0 Å². The Balaban J connectivity index is 2.46. The van der Waals surface area contributed by atoms with Gasteiger partial charge < -0.3 is 4.74 Å². The molecule has 0 N–H and O–H groups in total. The van der Waals surface area contributed by atoms with E-state index < -0.39 is 0 Å². The molecule has 0 unspecified atom stereocenters. The number of likely N-dealkylation sites (N-methyl/N-ethyl adjacent to an activating group) is 1. The molecule has 0 aromatic rings. The highest BCUT2D eigenvalue weighted by atomic mass is 16.5. The van der Waals surface area contributed by atoms with E-state index >= 15 is 0 Å². The third-order valence-corrected chi connectivity index (χ3v) is 1.78. The first-order valence-electron chi connectivity index (χ1n) is 3.17. The molecule has 0 aromatic heterocycles. The van der Waals surface area contributed by atoms with Crippen molar-refractivity contribution >= 4 is 6.72 Å². The second-order valence-corrected chi connectivity index (χ2v) is 2.54. The van der Waals surface area contributed by atoms with Gasteiger partial charge in [0, 0.05) is 6.72 Å². The quantitative estimate of drug-likeness (QED) is 0.363. The summed E-state index contributed by atoms with van der Waals surface area (Å²) < 4.78 is 5.87. The highest BCUT2D eigenvalue weighted by Crippen LogP contribution is 2.06. The van der Waals surface area contributed by atoms with Crippen molar-refractivity contribution in [2.45, 2.75) is 0 Å². The highest BCUT2D eigenvalue weighted by Gasteiger charge is 2.23. The molecule has 0 aliphatic carbocycles. The SMILES string of the molecule is C=N[N+]1(C)CCOCC1. The summed E-state index contributed by atoms with van der Waals surface area (Å²) in [5.41, 5.74) is 0. The first kappa shape index (κ1) is 6.71. The molecule has 0 amide bonds. The lowest BCUT2D eigenvalue weighted by molar-refractivity contribution is -0.922. The van der Waals surface area contributed by atoms with Crippen molar-refractivity contribution in [3.8, 4) is 0 Å². The van der Waals surface area contributed by atoms with Crippen molar-refractivity contribution in [1.29, 1.82) is 0 Å². The molecule has 3 heteroatoms. The normalized spacial score (nSPS) is 25.4. The fourth-order valence-electron chi connectivity index (χ4n) is 0.878. The molecule has 0 saturated carbocycles. The smallest absolute Gasteiger partial charge is 0.126 e. The average molecular weight is 129 g/mol. The lowest BCUT2D eigenvalue weighted by Gasteiger charge is -2.30. The van der Waals surface area contributed by atoms with Gasteiger partial charge in [-0.1, -0.05) is 5.10 Å². The van der Waals surface area contributed by atoms with Crippen LogP contribution in [-0.2, 0) is 4.74 Å². The van der Waals surface area contributed by atoms with E-state index in [1.54, 1.807) is 0 Å². The summed E-state index contributed by atoms with van der Waals surface area (Å²) >= 11 is 0. The van der Waals surface area contributed by atoms with Gasteiger partial charge in [-0.2, -0.15) is 4.59 Å². The van der Waals surface area contributed by atoms with Gasteiger partial charge in [0.15, 0.2) is 0 Å². The summed E-state index contributed by atoms with van der Waals surface area (Å²) in [5.74, 6) is 0. The standard InChI is InChI=1S/C6H13N2O/c1-7-8(2)3-5-9-6-4-8/h1,3-6H2,2H3/q+1. The minimum Gasteiger partial charge on any atom is -0.370 e. The Bertz CT molecular complexity index is 108. The van der Waals surface area contributed by atoms with Crippen LogP contribution in [-0.4, -0.2) is 44.7 Å². The first-order valence-corrected chi connectivity index (χ1v) is 3.17. The summed E-state index contributed by atoms with van der Waals surface area (Å²) in [7, 11) is 2.06. The van der Waals surface area contributed by atoms with Crippen LogP contribution in [0.25, 0.3) is 0 Å². The number of rotatable bonds is 1. The van der Waals surface area contributed by atoms with Crippen molar-refractivity contribution in [1.82, 2.24) is 0 Å². The van der Waals surface area contributed by atoms with Crippen LogP contribution >= 0.6 is 0 Å². The number of ether oxygens (including phenoxy) is 1. The number of hydrogen-bond donors (Lipinski definition) is 0. The fraction of sp³-hybridized carbons (Fsp3) is 0.833. The van der Waals surface area contributed by atoms with Gasteiger partial charge in [0.1, 0.15) is 13.1 Å². The Kier molecular flexibility index (Phi) is 1.83. The van der Waals surface area contributed by atoms with E-state index in [1.165, 1.54) is 0 Å². The van der Waals surface area contributed by atoms with E-state index in [-0.39, 0.29) is 0 Å². The van der Waals surface area contributed by atoms with Crippen LogP contribution < -0.4 is 0 Å². The molecule has 1 rings (SSSR count). The van der Waals surface area contributed by atoms with Crippen LogP contribution in [0.3, 0.4) is 0 Å². The second-order valence-electron chi connectivity index (χ2n) is 2.54. The number of quaternary nitrogens is 1. The lowest BCUT2D eigenvalue weighted by Crippen LogP contribution is -2.47. The van der Waals surface area contributed by atoms with E-state index in [2.05, 4.69) is 18.9 Å². The Morgan fingerprint density at radius 1 is 1.44 bits per heavy atom. The summed E-state index contributed by atoms with van der Waals surface area (Å²) in [6.45, 7) is 7.08. The zero-order chi connectivity index (χ0) is 6.74. The highest BCUT2D eigenvalue weighted by molar-refractivity contribution is 5.21. The van der Waals surface area contributed by atoms with Crippen molar-refractivity contribution in [2.75, 3.05) is 33.4 Å². The van der Waals surface area contributed by atoms with E-state index in [0.29, 0.717) is 4.59 Å². The van der Waals surface area contributed by atoms with Gasteiger partial charge in [-0.05, 0) is 0 Å². The van der Waals surface area contributed by atoms with Crippen LogP contribution in [0, 0.1) is 0 Å². The summed E-state index contributed by atoms with van der Waals surface area (Å²) in [5, 5.41) is 3.99. The molecule has 0 bridgehead atoms. The Labute approximate surface area is 55.5 Å². The largest absolute Gasteiger partial charge is 0.370 e. The summed E-state index contributed by atoms with van der Waals surface area (Å²) in [6.07, 6.45) is 0. The topological polar surface area (TPSA) is 21.6 Å². The molecule has 0 aromatic carbocycles. The zero-order valence-corrected chi connectivity index (χ0v) is 5.84. The van der Waals surface area contributed by atoms with Gasteiger partial charge in [0.2, 0.25) is 0 Å². The molecule has 52 valence electrons. The van der Waals surface area contributed by atoms with Crippen molar-refractivity contribution in [2.24, 2.45) is 5.10 Å². The summed E-state index contributed by atoms with van der Waals surface area (Å²) in [6, 6.07) is 0. The molecule has 0 atom stereocenters. The van der Waals surface area contributed by atoms with Crippen LogP contribution in [0.1, 0.15) is 0 Å². The Hall–Kier alpha value is -0.410. The van der Waals surface area contributed by atoms with Crippen molar-refractivity contribution in [3.05, 3.63) is 0 Å². The maximum atomic E-state index is 5.16. The van der Waals surface area contributed by atoms with Crippen molar-refractivity contribution in [3.63, 3.8) is 0 Å². The second kappa shape index (κ2) is 2.45. The minimum absolute atomic E-state index is 0.708. The molecule has 0 spiro atoms. The van der Waals surface area contributed by atoms with Gasteiger partial charge in [-0.15, -0.1) is 0 Å². The van der Waals surface area contributed by atoms with Crippen LogP contribution in [0.15, 0.2) is 5.10 Å². The van der Waals surface area contributed by atoms with Gasteiger partial charge in [0.25, 0.3) is 0 Å². The van der Waals surface area contributed by atoms with Crippen LogP contribution in [0.5, 0.6) is 0 Å². The molecule has 1 aliphatic rings. The molecule has 1 fully saturated rings. The average Bonchev–Trinajstić information content (AvgIpc) is 1.90. The fourth-order valence-corrected chi connectivity index (χ4v) is 0.878. The van der Waals surface area contributed by atoms with E-state index in [4.69, 9.17) is 4.74 Å². The molecule has 9 heavy (non-hydrogen) atoms. The predicted octanol–water partition coefficient (Wildman–Crippen LogP) is 0.0788. The number of morpholine rings is 1. The monoisotopic (exact) mass is 129 g/mol. The third-order valence-electron chi connectivity index (χ3n) is 1.78. The Morgan fingerprint density at radius 2 is 2.00 bits per heavy atom. The molecule has 1 aliphatic heterocycles. The maximum Gasteiger partial charge on any atom is 0.126 e.